The van der Waals surface area contributed by atoms with Crippen molar-refractivity contribution in [2.75, 3.05) is 25.5 Å². The molecule has 0 bridgehead atoms. The van der Waals surface area contributed by atoms with E-state index in [-0.39, 0.29) is 23.1 Å². The van der Waals surface area contributed by atoms with Crippen LogP contribution in [0, 0.1) is 0 Å². The largest absolute Gasteiger partial charge is 0.497 e. The van der Waals surface area contributed by atoms with Crippen LogP contribution in [0.2, 0.25) is 0 Å². The average molecular weight is 505 g/mol. The highest BCUT2D eigenvalue weighted by molar-refractivity contribution is 7.89. The van der Waals surface area contributed by atoms with Crippen LogP contribution in [0.4, 0.5) is 5.69 Å². The summed E-state index contributed by atoms with van der Waals surface area (Å²) in [6.45, 7) is 0.870. The van der Waals surface area contributed by atoms with Gasteiger partial charge < -0.3 is 15.0 Å². The number of fused-ring (bicyclic) bond motifs is 1. The molecule has 2 heterocycles. The molecule has 0 aliphatic carbocycles. The van der Waals surface area contributed by atoms with Crippen molar-refractivity contribution in [3.8, 4) is 5.75 Å². The van der Waals surface area contributed by atoms with Crippen LogP contribution in [-0.2, 0) is 21.2 Å². The summed E-state index contributed by atoms with van der Waals surface area (Å²) in [5.74, 6) is 1.67. The number of imidazole rings is 1. The fourth-order valence-corrected chi connectivity index (χ4v) is 6.00. The van der Waals surface area contributed by atoms with Gasteiger partial charge in [0.25, 0.3) is 0 Å². The number of aromatic amines is 1. The molecular formula is C27H28N4O4S. The number of para-hydroxylation sites is 2. The quantitative estimate of drug-likeness (QED) is 0.390. The van der Waals surface area contributed by atoms with Crippen LogP contribution in [0.15, 0.2) is 77.7 Å². The zero-order chi connectivity index (χ0) is 25.1. The molecule has 3 aromatic carbocycles. The molecule has 0 radical (unpaired) electrons. The third-order valence-electron chi connectivity index (χ3n) is 6.55. The van der Waals surface area contributed by atoms with Crippen molar-refractivity contribution in [1.82, 2.24) is 14.3 Å². The zero-order valence-corrected chi connectivity index (χ0v) is 20.8. The highest BCUT2D eigenvalue weighted by Gasteiger charge is 2.31. The second-order valence-electron chi connectivity index (χ2n) is 8.91. The summed E-state index contributed by atoms with van der Waals surface area (Å²) in [6.07, 6.45) is 1.63. The lowest BCUT2D eigenvalue weighted by Crippen LogP contribution is -2.38. The summed E-state index contributed by atoms with van der Waals surface area (Å²) >= 11 is 0. The lowest BCUT2D eigenvalue weighted by atomic mass is 9.97. The second kappa shape index (κ2) is 10.1. The number of carbonyl (C=O) groups is 1. The van der Waals surface area contributed by atoms with Gasteiger partial charge in [0, 0.05) is 24.7 Å². The number of benzene rings is 3. The topological polar surface area (TPSA) is 104 Å². The second-order valence-corrected chi connectivity index (χ2v) is 10.9. The van der Waals surface area contributed by atoms with Crippen molar-refractivity contribution < 1.29 is 17.9 Å². The Morgan fingerprint density at radius 1 is 1.03 bits per heavy atom. The van der Waals surface area contributed by atoms with Crippen molar-refractivity contribution in [3.63, 3.8) is 0 Å². The normalized spacial score (nSPS) is 15.1. The Hall–Kier alpha value is -3.69. The van der Waals surface area contributed by atoms with Crippen molar-refractivity contribution >= 4 is 32.7 Å². The van der Waals surface area contributed by atoms with E-state index >= 15 is 0 Å². The molecular weight excluding hydrogens is 476 g/mol. The van der Waals surface area contributed by atoms with Crippen LogP contribution in [0.3, 0.4) is 0 Å². The molecule has 4 aromatic rings. The van der Waals surface area contributed by atoms with Gasteiger partial charge in [-0.15, -0.1) is 0 Å². The highest BCUT2D eigenvalue weighted by Crippen LogP contribution is 2.30. The number of rotatable bonds is 7. The van der Waals surface area contributed by atoms with Crippen molar-refractivity contribution in [3.05, 3.63) is 84.2 Å². The van der Waals surface area contributed by atoms with Crippen molar-refractivity contribution in [1.29, 1.82) is 0 Å². The molecule has 1 aliphatic rings. The summed E-state index contributed by atoms with van der Waals surface area (Å²) in [4.78, 5) is 20.7. The number of H-pyrrole nitrogens is 1. The Morgan fingerprint density at radius 2 is 1.72 bits per heavy atom. The van der Waals surface area contributed by atoms with E-state index in [1.807, 2.05) is 48.5 Å². The van der Waals surface area contributed by atoms with E-state index in [0.29, 0.717) is 31.6 Å². The van der Waals surface area contributed by atoms with Gasteiger partial charge in [-0.3, -0.25) is 4.79 Å². The fraction of sp³-hybridized carbons (Fsp3) is 0.259. The monoisotopic (exact) mass is 504 g/mol. The first-order valence-corrected chi connectivity index (χ1v) is 13.3. The number of aromatic nitrogens is 2. The predicted octanol–water partition coefficient (Wildman–Crippen LogP) is 4.32. The molecule has 186 valence electrons. The van der Waals surface area contributed by atoms with E-state index in [9.17, 15) is 13.2 Å². The number of amides is 1. The molecule has 1 aromatic heterocycles. The summed E-state index contributed by atoms with van der Waals surface area (Å²) in [6, 6.07) is 21.5. The molecule has 0 saturated carbocycles. The Labute approximate surface area is 210 Å². The van der Waals surface area contributed by atoms with Crippen LogP contribution >= 0.6 is 0 Å². The minimum atomic E-state index is -3.61. The van der Waals surface area contributed by atoms with E-state index in [2.05, 4.69) is 15.3 Å². The van der Waals surface area contributed by atoms with Gasteiger partial charge in [-0.25, -0.2) is 13.4 Å². The number of nitrogens with one attached hydrogen (secondary N) is 2. The number of hydrogen-bond donors (Lipinski definition) is 2. The van der Waals surface area contributed by atoms with E-state index in [1.165, 1.54) is 4.31 Å². The zero-order valence-electron chi connectivity index (χ0n) is 20.0. The number of ether oxygens (including phenoxy) is 1. The smallest absolute Gasteiger partial charge is 0.243 e. The first-order chi connectivity index (χ1) is 17.4. The summed E-state index contributed by atoms with van der Waals surface area (Å²) in [7, 11) is -2.02. The third kappa shape index (κ3) is 5.12. The van der Waals surface area contributed by atoms with Crippen molar-refractivity contribution in [2.24, 2.45) is 0 Å². The van der Waals surface area contributed by atoms with E-state index in [1.54, 1.807) is 31.4 Å². The molecule has 0 spiro atoms. The number of nitrogens with zero attached hydrogens (tertiary/aromatic N) is 2. The Bertz CT molecular complexity index is 1420. The maximum atomic E-state index is 13.2. The number of sulfonamides is 1. The standard InChI is InChI=1S/C27H28N4O4S/c1-35-22-10-6-19(7-11-22)18-26(32)28-21-8-12-23(13-9-21)36(33,34)31-16-14-20(15-17-31)27-29-24-4-2-3-5-25(24)30-27/h2-13,20H,14-18H2,1H3,(H,28,32)(H,29,30). The maximum absolute atomic E-state index is 13.2. The third-order valence-corrected chi connectivity index (χ3v) is 8.46. The molecule has 1 saturated heterocycles. The summed E-state index contributed by atoms with van der Waals surface area (Å²) in [5, 5.41) is 2.82. The van der Waals surface area contributed by atoms with Gasteiger partial charge in [0.1, 0.15) is 11.6 Å². The van der Waals surface area contributed by atoms with Crippen LogP contribution in [0.5, 0.6) is 5.75 Å². The molecule has 2 N–H and O–H groups in total. The molecule has 0 unspecified atom stereocenters. The Balaban J connectivity index is 1.18. The van der Waals surface area contributed by atoms with Crippen LogP contribution in [0.1, 0.15) is 30.1 Å². The summed E-state index contributed by atoms with van der Waals surface area (Å²) < 4.78 is 33.1. The molecule has 1 fully saturated rings. The Morgan fingerprint density at radius 3 is 2.39 bits per heavy atom. The van der Waals surface area contributed by atoms with E-state index < -0.39 is 10.0 Å². The number of carbonyl (C=O) groups excluding carboxylic acids is 1. The van der Waals surface area contributed by atoms with Gasteiger partial charge in [-0.2, -0.15) is 4.31 Å². The molecule has 9 heteroatoms. The number of methoxy groups -OCH3 is 1. The molecule has 8 nitrogen and oxygen atoms in total. The SMILES string of the molecule is COc1ccc(CC(=O)Nc2ccc(S(=O)(=O)N3CCC(c4nc5ccccc5[nH]4)CC3)cc2)cc1. The minimum absolute atomic E-state index is 0.177. The molecule has 0 atom stereocenters. The maximum Gasteiger partial charge on any atom is 0.243 e. The van der Waals surface area contributed by atoms with Crippen LogP contribution in [0.25, 0.3) is 11.0 Å². The van der Waals surface area contributed by atoms with E-state index in [4.69, 9.17) is 4.74 Å². The van der Waals surface area contributed by atoms with Gasteiger partial charge in [0.2, 0.25) is 15.9 Å². The van der Waals surface area contributed by atoms with Crippen LogP contribution < -0.4 is 10.1 Å². The lowest BCUT2D eigenvalue weighted by Gasteiger charge is -2.30. The van der Waals surface area contributed by atoms with Gasteiger partial charge >= 0.3 is 0 Å². The fourth-order valence-electron chi connectivity index (χ4n) is 4.53. The number of anilines is 1. The van der Waals surface area contributed by atoms with Crippen molar-refractivity contribution in [2.45, 2.75) is 30.1 Å². The van der Waals surface area contributed by atoms with Gasteiger partial charge in [0.15, 0.2) is 0 Å². The molecule has 36 heavy (non-hydrogen) atoms. The average Bonchev–Trinajstić information content (AvgIpc) is 3.34. The molecule has 1 amide bonds. The first kappa shape index (κ1) is 24.0. The first-order valence-electron chi connectivity index (χ1n) is 11.9. The van der Waals surface area contributed by atoms with E-state index in [0.717, 1.165) is 28.2 Å². The molecule has 1 aliphatic heterocycles. The summed E-state index contributed by atoms with van der Waals surface area (Å²) in [5.41, 5.74) is 3.34. The highest BCUT2D eigenvalue weighted by atomic mass is 32.2. The number of hydrogen-bond acceptors (Lipinski definition) is 5. The lowest BCUT2D eigenvalue weighted by molar-refractivity contribution is -0.115. The Kier molecular flexibility index (Phi) is 6.75. The predicted molar refractivity (Wildman–Crippen MR) is 139 cm³/mol. The van der Waals surface area contributed by atoms with Crippen LogP contribution in [-0.4, -0.2) is 48.8 Å². The van der Waals surface area contributed by atoms with Gasteiger partial charge in [-0.05, 0) is 66.9 Å². The van der Waals surface area contributed by atoms with Gasteiger partial charge in [0.05, 0.1) is 29.5 Å². The minimum Gasteiger partial charge on any atom is -0.497 e. The number of piperidine rings is 1. The van der Waals surface area contributed by atoms with Gasteiger partial charge in [-0.1, -0.05) is 24.3 Å². The molecule has 5 rings (SSSR count).